The molecule has 3 heterocycles. The Morgan fingerprint density at radius 2 is 1.63 bits per heavy atom. The maximum Gasteiger partial charge on any atom is 0.419 e. The van der Waals surface area contributed by atoms with Gasteiger partial charge in [0, 0.05) is 37.4 Å². The van der Waals surface area contributed by atoms with Gasteiger partial charge in [-0.25, -0.2) is 9.78 Å². The quantitative estimate of drug-likeness (QED) is 0.457. The molecule has 2 saturated heterocycles. The zero-order chi connectivity index (χ0) is 31.3. The van der Waals surface area contributed by atoms with E-state index in [9.17, 15) is 27.6 Å². The number of carbonyl (C=O) groups is 3. The molecule has 3 aliphatic rings. The molecule has 226 valence electrons. The number of carbonyl (C=O) groups excluding carboxylic acids is 3. The van der Waals surface area contributed by atoms with Gasteiger partial charge in [-0.1, -0.05) is 0 Å². The first-order chi connectivity index (χ1) is 20.2. The van der Waals surface area contributed by atoms with Crippen molar-refractivity contribution in [3.05, 3.63) is 53.3 Å². The van der Waals surface area contributed by atoms with Crippen LogP contribution in [0, 0.1) is 11.3 Å². The number of piperazine rings is 1. The fraction of sp³-hybridized carbons (Fsp3) is 0.448. The van der Waals surface area contributed by atoms with Gasteiger partial charge in [0.15, 0.2) is 10.8 Å². The zero-order valence-corrected chi connectivity index (χ0v) is 24.6. The van der Waals surface area contributed by atoms with Gasteiger partial charge in [-0.2, -0.15) is 18.4 Å². The van der Waals surface area contributed by atoms with Gasteiger partial charge in [0.1, 0.15) is 17.2 Å². The lowest BCUT2D eigenvalue weighted by atomic mass is 9.75. The molecule has 3 fully saturated rings. The number of hydrogen-bond donors (Lipinski definition) is 0. The lowest BCUT2D eigenvalue weighted by molar-refractivity contribution is -0.138. The van der Waals surface area contributed by atoms with E-state index in [-0.39, 0.29) is 16.7 Å². The van der Waals surface area contributed by atoms with E-state index in [4.69, 9.17) is 22.2 Å². The third kappa shape index (κ3) is 5.49. The van der Waals surface area contributed by atoms with E-state index >= 15 is 0 Å². The van der Waals surface area contributed by atoms with Crippen molar-refractivity contribution in [2.75, 3.05) is 36.0 Å². The maximum absolute atomic E-state index is 13.7. The highest BCUT2D eigenvalue weighted by Gasteiger charge is 2.59. The van der Waals surface area contributed by atoms with Gasteiger partial charge in [0.2, 0.25) is 0 Å². The summed E-state index contributed by atoms with van der Waals surface area (Å²) in [5.74, 6) is -0.690. The molecule has 0 atom stereocenters. The molecular weight excluding hydrogens is 585 g/mol. The smallest absolute Gasteiger partial charge is 0.419 e. The second-order valence-electron chi connectivity index (χ2n) is 11.6. The SMILES string of the molecule is CC(C)(C)OC(=O)N1CCN(C(=O)c2ccc(N3C(=S)N(c4cnc(C#N)c(C(F)(F)F)c4)C(=O)C34CCC4)cc2)CC1. The number of ether oxygens (including phenoxy) is 1. The van der Waals surface area contributed by atoms with Crippen LogP contribution in [0.2, 0.25) is 0 Å². The molecule has 0 unspecified atom stereocenters. The predicted octanol–water partition coefficient (Wildman–Crippen LogP) is 4.73. The van der Waals surface area contributed by atoms with Gasteiger partial charge in [-0.15, -0.1) is 0 Å². The molecule has 0 radical (unpaired) electrons. The van der Waals surface area contributed by atoms with Crippen LogP contribution in [0.25, 0.3) is 0 Å². The number of nitrogens with zero attached hydrogens (tertiary/aromatic N) is 6. The van der Waals surface area contributed by atoms with Crippen LogP contribution < -0.4 is 9.80 Å². The highest BCUT2D eigenvalue weighted by Crippen LogP contribution is 2.48. The van der Waals surface area contributed by atoms with Gasteiger partial charge < -0.3 is 19.4 Å². The summed E-state index contributed by atoms with van der Waals surface area (Å²) in [4.78, 5) is 48.8. The van der Waals surface area contributed by atoms with Crippen LogP contribution in [0.5, 0.6) is 0 Å². The Balaban J connectivity index is 1.34. The molecule has 1 aliphatic carbocycles. The molecule has 1 spiro atoms. The number of nitriles is 1. The number of benzene rings is 1. The number of rotatable bonds is 3. The molecule has 14 heteroatoms. The lowest BCUT2D eigenvalue weighted by Gasteiger charge is -2.43. The van der Waals surface area contributed by atoms with Crippen LogP contribution in [-0.2, 0) is 15.7 Å². The number of halogens is 3. The van der Waals surface area contributed by atoms with Crippen LogP contribution in [0.15, 0.2) is 36.5 Å². The number of amides is 3. The molecule has 10 nitrogen and oxygen atoms in total. The van der Waals surface area contributed by atoms with Crippen LogP contribution in [0.4, 0.5) is 29.3 Å². The second-order valence-corrected chi connectivity index (χ2v) is 12.0. The van der Waals surface area contributed by atoms with Gasteiger partial charge in [-0.3, -0.25) is 14.5 Å². The lowest BCUT2D eigenvalue weighted by Crippen LogP contribution is -2.55. The van der Waals surface area contributed by atoms with Crippen LogP contribution >= 0.6 is 12.2 Å². The van der Waals surface area contributed by atoms with E-state index in [0.717, 1.165) is 23.6 Å². The second kappa shape index (κ2) is 10.8. The first kappa shape index (κ1) is 30.2. The summed E-state index contributed by atoms with van der Waals surface area (Å²) < 4.78 is 46.3. The maximum atomic E-state index is 13.7. The molecule has 43 heavy (non-hydrogen) atoms. The monoisotopic (exact) mass is 614 g/mol. The van der Waals surface area contributed by atoms with Crippen LogP contribution in [-0.4, -0.2) is 75.1 Å². The summed E-state index contributed by atoms with van der Waals surface area (Å²) in [6.07, 6.45) is -2.62. The first-order valence-electron chi connectivity index (χ1n) is 13.7. The predicted molar refractivity (Wildman–Crippen MR) is 153 cm³/mol. The molecule has 1 aromatic heterocycles. The Kier molecular flexibility index (Phi) is 7.58. The van der Waals surface area contributed by atoms with Crippen molar-refractivity contribution >= 4 is 46.6 Å². The van der Waals surface area contributed by atoms with E-state index in [1.165, 1.54) is 6.07 Å². The van der Waals surface area contributed by atoms with E-state index in [2.05, 4.69) is 4.98 Å². The highest BCUT2D eigenvalue weighted by atomic mass is 32.1. The van der Waals surface area contributed by atoms with Crippen LogP contribution in [0.3, 0.4) is 0 Å². The van der Waals surface area contributed by atoms with Crippen molar-refractivity contribution in [3.8, 4) is 6.07 Å². The average molecular weight is 615 g/mol. The first-order valence-corrected chi connectivity index (χ1v) is 14.1. The fourth-order valence-corrected chi connectivity index (χ4v) is 5.91. The van der Waals surface area contributed by atoms with Gasteiger partial charge in [0.25, 0.3) is 11.8 Å². The Bertz CT molecular complexity index is 1520. The molecule has 5 rings (SSSR count). The summed E-state index contributed by atoms with van der Waals surface area (Å²) in [5, 5.41) is 9.09. The molecule has 0 N–H and O–H groups in total. The summed E-state index contributed by atoms with van der Waals surface area (Å²) in [5.41, 5.74) is -2.98. The number of thiocarbonyl (C=S) groups is 1. The zero-order valence-electron chi connectivity index (χ0n) is 23.8. The van der Waals surface area contributed by atoms with E-state index in [1.54, 1.807) is 59.7 Å². The minimum atomic E-state index is -4.85. The molecular formula is C29H29F3N6O4S. The van der Waals surface area contributed by atoms with Crippen molar-refractivity contribution in [1.82, 2.24) is 14.8 Å². The minimum Gasteiger partial charge on any atom is -0.444 e. The molecule has 2 aromatic rings. The van der Waals surface area contributed by atoms with Gasteiger partial charge in [0.05, 0.1) is 17.4 Å². The minimum absolute atomic E-state index is 0.0123. The van der Waals surface area contributed by atoms with Crippen LogP contribution in [0.1, 0.15) is 61.6 Å². The van der Waals surface area contributed by atoms with Crippen molar-refractivity contribution in [1.29, 1.82) is 5.26 Å². The van der Waals surface area contributed by atoms with E-state index in [1.807, 2.05) is 0 Å². The number of anilines is 2. The average Bonchev–Trinajstić information content (AvgIpc) is 3.17. The van der Waals surface area contributed by atoms with Crippen molar-refractivity contribution < 1.29 is 32.3 Å². The van der Waals surface area contributed by atoms with Crippen molar-refractivity contribution in [2.45, 2.75) is 57.3 Å². The third-order valence-corrected chi connectivity index (χ3v) is 8.09. The number of pyridine rings is 1. The molecule has 3 amide bonds. The molecule has 1 aromatic carbocycles. The summed E-state index contributed by atoms with van der Waals surface area (Å²) in [7, 11) is 0. The Morgan fingerprint density at radius 1 is 1.02 bits per heavy atom. The number of alkyl halides is 3. The standard InChI is InChI=1S/C29H29F3N6O4S/c1-27(2,3)42-26(41)36-13-11-35(12-14-36)23(39)18-5-7-19(8-6-18)38-25(43)37(24(40)28(38)9-4-10-28)20-15-21(29(30,31)32)22(16-33)34-17-20/h5-8,15,17H,4,9-14H2,1-3H3. The summed E-state index contributed by atoms with van der Waals surface area (Å²) in [6, 6.07) is 8.70. The molecule has 1 saturated carbocycles. The summed E-state index contributed by atoms with van der Waals surface area (Å²) >= 11 is 5.64. The summed E-state index contributed by atoms with van der Waals surface area (Å²) in [6.45, 7) is 6.71. The fourth-order valence-electron chi connectivity index (χ4n) is 5.44. The van der Waals surface area contributed by atoms with E-state index in [0.29, 0.717) is 50.3 Å². The Morgan fingerprint density at radius 3 is 2.14 bits per heavy atom. The normalized spacial score (nSPS) is 18.5. The van der Waals surface area contributed by atoms with Gasteiger partial charge >= 0.3 is 12.3 Å². The van der Waals surface area contributed by atoms with E-state index < -0.39 is 40.6 Å². The third-order valence-electron chi connectivity index (χ3n) is 7.73. The number of hydrogen-bond acceptors (Lipinski definition) is 7. The Labute approximate surface area is 251 Å². The van der Waals surface area contributed by atoms with Crippen molar-refractivity contribution in [3.63, 3.8) is 0 Å². The Hall–Kier alpha value is -4.25. The molecule has 2 aliphatic heterocycles. The topological polar surface area (TPSA) is 110 Å². The largest absolute Gasteiger partial charge is 0.444 e. The number of aromatic nitrogens is 1. The molecule has 0 bridgehead atoms. The van der Waals surface area contributed by atoms with Crippen molar-refractivity contribution in [2.24, 2.45) is 0 Å². The highest BCUT2D eigenvalue weighted by molar-refractivity contribution is 7.81. The van der Waals surface area contributed by atoms with Gasteiger partial charge in [-0.05, 0) is 82.6 Å².